The largest absolute Gasteiger partial charge is 0.771 e. The monoisotopic (exact) mass is 104 g/mol. The molecule has 0 saturated carbocycles. The summed E-state index contributed by atoms with van der Waals surface area (Å²) in [6.07, 6.45) is 0. The van der Waals surface area contributed by atoms with E-state index >= 15 is 0 Å². The highest BCUT2D eigenvalue weighted by atomic mass is 32.2. The predicted octanol–water partition coefficient (Wildman–Crippen LogP) is -0.476. The molecule has 0 aliphatic rings. The van der Waals surface area contributed by atoms with Gasteiger partial charge in [-0.25, -0.2) is 0 Å². The van der Waals surface area contributed by atoms with Gasteiger partial charge in [-0.1, -0.05) is 0 Å². The number of rotatable bonds is 1. The average Bonchev–Trinajstić information content (AvgIpc) is 1.35. The first-order valence-electron chi connectivity index (χ1n) is 0.963. The van der Waals surface area contributed by atoms with E-state index in [0.29, 0.717) is 0 Å². The molecule has 0 aromatic heterocycles. The maximum atomic E-state index is 9.21. The van der Waals surface area contributed by atoms with Crippen molar-refractivity contribution in [3.05, 3.63) is 5.41 Å². The third kappa shape index (κ3) is 3.49. The Morgan fingerprint density at radius 2 is 2.50 bits per heavy atom. The Hall–Kier alpha value is -0.510. The van der Waals surface area contributed by atoms with E-state index in [1.54, 1.807) is 0 Å². The molecule has 0 aromatic carbocycles. The van der Waals surface area contributed by atoms with Gasteiger partial charge in [-0.2, -0.15) is 0 Å². The van der Waals surface area contributed by atoms with Crippen LogP contribution in [0.15, 0.2) is 4.40 Å². The van der Waals surface area contributed by atoms with E-state index < -0.39 is 11.3 Å². The molecule has 6 heavy (non-hydrogen) atoms. The second kappa shape index (κ2) is 2.71. The molecule has 0 saturated heterocycles. The molecule has 0 spiro atoms. The molecule has 0 N–H and O–H groups in total. The third-order valence-corrected chi connectivity index (χ3v) is 0.346. The predicted molar refractivity (Wildman–Crippen MR) is 19.7 cm³/mol. The van der Waals surface area contributed by atoms with Gasteiger partial charge in [0.25, 0.3) is 0 Å². The SMILES string of the molecule is [N-]=C=NS(=O)[O-]. The second-order valence-electron chi connectivity index (χ2n) is 0.408. The van der Waals surface area contributed by atoms with Crippen LogP contribution in [0.5, 0.6) is 0 Å². The quantitative estimate of drug-likeness (QED) is 0.333. The van der Waals surface area contributed by atoms with Crippen LogP contribution in [0.4, 0.5) is 0 Å². The van der Waals surface area contributed by atoms with Crippen molar-refractivity contribution in [1.29, 1.82) is 0 Å². The molecule has 0 fully saturated rings. The Morgan fingerprint density at radius 1 is 2.00 bits per heavy atom. The van der Waals surface area contributed by atoms with Gasteiger partial charge in [0.15, 0.2) is 0 Å². The van der Waals surface area contributed by atoms with Gasteiger partial charge in [-0.3, -0.25) is 4.21 Å². The normalized spacial score (nSPS) is 12.2. The van der Waals surface area contributed by atoms with Gasteiger partial charge in [0.1, 0.15) is 0 Å². The summed E-state index contributed by atoms with van der Waals surface area (Å²) in [6, 6.07) is 1.08. The van der Waals surface area contributed by atoms with E-state index in [-0.39, 0.29) is 0 Å². The van der Waals surface area contributed by atoms with Crippen LogP contribution in [0.2, 0.25) is 0 Å². The maximum absolute atomic E-state index is 9.21. The second-order valence-corrected chi connectivity index (χ2v) is 1.03. The van der Waals surface area contributed by atoms with Crippen LogP contribution >= 0.6 is 0 Å². The van der Waals surface area contributed by atoms with Gasteiger partial charge in [0.2, 0.25) is 0 Å². The van der Waals surface area contributed by atoms with E-state index in [2.05, 4.69) is 4.40 Å². The summed E-state index contributed by atoms with van der Waals surface area (Å²) in [6.45, 7) is 0. The van der Waals surface area contributed by atoms with Crippen molar-refractivity contribution in [3.8, 4) is 0 Å². The Kier molecular flexibility index (Phi) is 2.48. The summed E-state index contributed by atoms with van der Waals surface area (Å²) in [4.78, 5) is 0. The minimum atomic E-state index is -2.55. The van der Waals surface area contributed by atoms with Crippen molar-refractivity contribution in [1.82, 2.24) is 0 Å². The number of hydrogen-bond acceptors (Lipinski definition) is 2. The molecule has 34 valence electrons. The van der Waals surface area contributed by atoms with Gasteiger partial charge in [0.05, 0.1) is 0 Å². The van der Waals surface area contributed by atoms with Gasteiger partial charge < -0.3 is 14.4 Å². The molecule has 0 aliphatic carbocycles. The highest BCUT2D eigenvalue weighted by molar-refractivity contribution is 7.77. The first-order chi connectivity index (χ1) is 2.77. The van der Waals surface area contributed by atoms with Crippen molar-refractivity contribution >= 4 is 17.3 Å². The number of hydrogen-bond donors (Lipinski definition) is 0. The molecular weight excluding hydrogens is 104 g/mol. The van der Waals surface area contributed by atoms with Crippen molar-refractivity contribution in [3.63, 3.8) is 0 Å². The lowest BCUT2D eigenvalue weighted by Gasteiger charge is -1.96. The molecule has 5 heteroatoms. The molecule has 0 radical (unpaired) electrons. The van der Waals surface area contributed by atoms with Crippen LogP contribution in [-0.4, -0.2) is 14.8 Å². The minimum Gasteiger partial charge on any atom is -0.771 e. The average molecular weight is 104 g/mol. The molecule has 0 amide bonds. The summed E-state index contributed by atoms with van der Waals surface area (Å²) in [7, 11) is 0. The zero-order valence-electron chi connectivity index (χ0n) is 2.62. The van der Waals surface area contributed by atoms with Crippen LogP contribution in [0.3, 0.4) is 0 Å². The smallest absolute Gasteiger partial charge is 0.0328 e. The van der Waals surface area contributed by atoms with E-state index in [9.17, 15) is 8.76 Å². The van der Waals surface area contributed by atoms with Crippen LogP contribution in [0.1, 0.15) is 0 Å². The molecule has 4 nitrogen and oxygen atoms in total. The topological polar surface area (TPSA) is 74.8 Å². The summed E-state index contributed by atoms with van der Waals surface area (Å²) >= 11 is -2.55. The molecule has 1 atom stereocenters. The molecule has 0 heterocycles. The molecule has 0 bridgehead atoms. The lowest BCUT2D eigenvalue weighted by Crippen LogP contribution is -1.73. The zero-order valence-corrected chi connectivity index (χ0v) is 3.44. The summed E-state index contributed by atoms with van der Waals surface area (Å²) < 4.78 is 20.8. The van der Waals surface area contributed by atoms with Gasteiger partial charge in [-0.05, 0) is 11.3 Å². The van der Waals surface area contributed by atoms with Crippen LogP contribution in [0, 0.1) is 0 Å². The first kappa shape index (κ1) is 5.49. The Morgan fingerprint density at radius 3 is 2.50 bits per heavy atom. The number of nitrogens with zero attached hydrogens (tertiary/aromatic N) is 2. The fourth-order valence-electron chi connectivity index (χ4n) is 0.0333. The zero-order chi connectivity index (χ0) is 4.99. The molecule has 0 aliphatic heterocycles. The van der Waals surface area contributed by atoms with Crippen LogP contribution in [-0.2, 0) is 11.3 Å². The fourth-order valence-corrected chi connectivity index (χ4v) is 0.100. The fraction of sp³-hybridized carbons (Fsp3) is 0. The molecule has 0 rings (SSSR count). The maximum Gasteiger partial charge on any atom is -0.0328 e. The van der Waals surface area contributed by atoms with E-state index in [1.165, 1.54) is 0 Å². The first-order valence-corrected chi connectivity index (χ1v) is 1.99. The Labute approximate surface area is 36.8 Å². The lowest BCUT2D eigenvalue weighted by atomic mass is 11.6. The van der Waals surface area contributed by atoms with Crippen LogP contribution < -0.4 is 0 Å². The highest BCUT2D eigenvalue weighted by Gasteiger charge is 1.43. The van der Waals surface area contributed by atoms with Gasteiger partial charge >= 0.3 is 0 Å². The van der Waals surface area contributed by atoms with Crippen molar-refractivity contribution in [2.24, 2.45) is 4.40 Å². The van der Waals surface area contributed by atoms with Crippen molar-refractivity contribution in [2.75, 3.05) is 0 Å². The summed E-state index contributed by atoms with van der Waals surface area (Å²) in [5.41, 5.74) is 0. The highest BCUT2D eigenvalue weighted by Crippen LogP contribution is 1.64. The van der Waals surface area contributed by atoms with Gasteiger partial charge in [0, 0.05) is 0 Å². The van der Waals surface area contributed by atoms with E-state index in [0.717, 1.165) is 6.01 Å². The van der Waals surface area contributed by atoms with Crippen molar-refractivity contribution < 1.29 is 8.76 Å². The van der Waals surface area contributed by atoms with Gasteiger partial charge in [-0.15, -0.1) is 6.01 Å². The lowest BCUT2D eigenvalue weighted by molar-refractivity contribution is 0.539. The Balaban J connectivity index is 3.60. The van der Waals surface area contributed by atoms with E-state index in [4.69, 9.17) is 5.41 Å². The standard InChI is InChI=1S/CHN2O2S/c2-1-3-6(4)5/h(H,4,5)/q-1/p-1. The summed E-state index contributed by atoms with van der Waals surface area (Å²) in [5, 5.41) is 7.43. The van der Waals surface area contributed by atoms with E-state index in [1.807, 2.05) is 0 Å². The summed E-state index contributed by atoms with van der Waals surface area (Å²) in [5.74, 6) is 0. The van der Waals surface area contributed by atoms with Crippen molar-refractivity contribution in [2.45, 2.75) is 0 Å². The minimum absolute atomic E-state index is 1.08. The Bertz CT molecular complexity index is 104. The molecule has 0 aromatic rings. The molecule has 1 unspecified atom stereocenters. The third-order valence-electron chi connectivity index (χ3n) is 0.115. The van der Waals surface area contributed by atoms with Crippen LogP contribution in [0.25, 0.3) is 5.41 Å². The molecular formula is CN2O2S-2.